The van der Waals surface area contributed by atoms with Crippen molar-refractivity contribution in [2.45, 2.75) is 13.5 Å². The van der Waals surface area contributed by atoms with Gasteiger partial charge >= 0.3 is 6.03 Å². The van der Waals surface area contributed by atoms with Crippen molar-refractivity contribution in [2.24, 2.45) is 0 Å². The van der Waals surface area contributed by atoms with Crippen LogP contribution in [0.25, 0.3) is 0 Å². The number of nitrogens with one attached hydrogen (secondary N) is 2. The van der Waals surface area contributed by atoms with Crippen LogP contribution >= 0.6 is 23.2 Å². The minimum atomic E-state index is -0.282. The number of hydrogen-bond donors (Lipinski definition) is 2. The first-order valence-electron chi connectivity index (χ1n) is 6.10. The molecule has 0 aliphatic carbocycles. The number of halogens is 2. The average molecular weight is 309 g/mol. The summed E-state index contributed by atoms with van der Waals surface area (Å²) in [6.45, 7) is 2.26. The highest BCUT2D eigenvalue weighted by atomic mass is 35.5. The zero-order valence-corrected chi connectivity index (χ0v) is 12.4. The summed E-state index contributed by atoms with van der Waals surface area (Å²) in [6.07, 6.45) is 0. The van der Waals surface area contributed by atoms with Gasteiger partial charge in [-0.15, -0.1) is 0 Å². The van der Waals surface area contributed by atoms with E-state index in [1.54, 1.807) is 24.3 Å². The van der Waals surface area contributed by atoms with Crippen molar-refractivity contribution in [3.8, 4) is 0 Å². The predicted octanol–water partition coefficient (Wildman–Crippen LogP) is 4.62. The van der Waals surface area contributed by atoms with Gasteiger partial charge in [-0.2, -0.15) is 0 Å². The number of benzene rings is 2. The van der Waals surface area contributed by atoms with E-state index in [9.17, 15) is 4.79 Å². The van der Waals surface area contributed by atoms with Crippen molar-refractivity contribution in [3.63, 3.8) is 0 Å². The van der Waals surface area contributed by atoms with Gasteiger partial charge in [0.1, 0.15) is 0 Å². The zero-order valence-electron chi connectivity index (χ0n) is 10.9. The fraction of sp³-hybridized carbons (Fsp3) is 0.133. The maximum Gasteiger partial charge on any atom is 0.319 e. The zero-order chi connectivity index (χ0) is 14.5. The lowest BCUT2D eigenvalue weighted by molar-refractivity contribution is 0.251. The second-order valence-corrected chi connectivity index (χ2v) is 5.20. The fourth-order valence-electron chi connectivity index (χ4n) is 1.75. The van der Waals surface area contributed by atoms with Gasteiger partial charge in [-0.1, -0.05) is 41.4 Å². The molecule has 0 fully saturated rings. The molecule has 2 rings (SSSR count). The molecule has 0 aliphatic rings. The van der Waals surface area contributed by atoms with E-state index in [2.05, 4.69) is 10.6 Å². The third-order valence-electron chi connectivity index (χ3n) is 2.83. The van der Waals surface area contributed by atoms with E-state index < -0.39 is 0 Å². The largest absolute Gasteiger partial charge is 0.334 e. The molecule has 0 spiro atoms. The highest BCUT2D eigenvalue weighted by Gasteiger charge is 2.06. The number of carbonyl (C=O) groups excluding carboxylic acids is 1. The quantitative estimate of drug-likeness (QED) is 0.853. The summed E-state index contributed by atoms with van der Waals surface area (Å²) in [5, 5.41) is 6.82. The van der Waals surface area contributed by atoms with E-state index in [1.807, 2.05) is 25.1 Å². The lowest BCUT2D eigenvalue weighted by Gasteiger charge is -2.10. The van der Waals surface area contributed by atoms with Crippen molar-refractivity contribution in [3.05, 3.63) is 63.6 Å². The van der Waals surface area contributed by atoms with E-state index in [0.29, 0.717) is 16.6 Å². The molecule has 5 heteroatoms. The van der Waals surface area contributed by atoms with Crippen LogP contribution in [0.5, 0.6) is 0 Å². The molecule has 104 valence electrons. The van der Waals surface area contributed by atoms with Crippen LogP contribution in [0.3, 0.4) is 0 Å². The van der Waals surface area contributed by atoms with Crippen LogP contribution in [0, 0.1) is 6.92 Å². The maximum absolute atomic E-state index is 11.8. The Morgan fingerprint density at radius 3 is 2.60 bits per heavy atom. The number of rotatable bonds is 3. The van der Waals surface area contributed by atoms with E-state index in [0.717, 1.165) is 16.8 Å². The molecule has 2 aromatic rings. The number of amides is 2. The first-order valence-corrected chi connectivity index (χ1v) is 6.86. The van der Waals surface area contributed by atoms with E-state index in [-0.39, 0.29) is 6.03 Å². The fourth-order valence-corrected chi connectivity index (χ4v) is 2.18. The maximum atomic E-state index is 11.8. The minimum absolute atomic E-state index is 0.282. The van der Waals surface area contributed by atoms with Crippen LogP contribution in [-0.2, 0) is 6.54 Å². The molecule has 0 aromatic heterocycles. The van der Waals surface area contributed by atoms with Gasteiger partial charge in [0.25, 0.3) is 0 Å². The number of carbonyl (C=O) groups is 1. The van der Waals surface area contributed by atoms with E-state index in [1.165, 1.54) is 0 Å². The SMILES string of the molecule is Cc1cc(Cl)ccc1NC(=O)NCc1ccccc1Cl. The summed E-state index contributed by atoms with van der Waals surface area (Å²) in [7, 11) is 0. The van der Waals surface area contributed by atoms with Gasteiger partial charge in [-0.3, -0.25) is 0 Å². The lowest BCUT2D eigenvalue weighted by atomic mass is 10.2. The molecule has 0 saturated carbocycles. The van der Waals surface area contributed by atoms with Crippen LogP contribution in [0.4, 0.5) is 10.5 Å². The molecule has 0 bridgehead atoms. The first kappa shape index (κ1) is 14.7. The number of aryl methyl sites for hydroxylation is 1. The molecule has 2 N–H and O–H groups in total. The Morgan fingerprint density at radius 1 is 1.15 bits per heavy atom. The van der Waals surface area contributed by atoms with Crippen LogP contribution < -0.4 is 10.6 Å². The van der Waals surface area contributed by atoms with E-state index in [4.69, 9.17) is 23.2 Å². The number of urea groups is 1. The van der Waals surface area contributed by atoms with E-state index >= 15 is 0 Å². The van der Waals surface area contributed by atoms with Crippen LogP contribution in [0.2, 0.25) is 10.0 Å². The molecule has 0 heterocycles. The number of hydrogen-bond acceptors (Lipinski definition) is 1. The molecule has 0 aliphatic heterocycles. The third-order valence-corrected chi connectivity index (χ3v) is 3.44. The monoisotopic (exact) mass is 308 g/mol. The summed E-state index contributed by atoms with van der Waals surface area (Å²) in [5.74, 6) is 0. The normalized spacial score (nSPS) is 10.2. The predicted molar refractivity (Wildman–Crippen MR) is 83.5 cm³/mol. The summed E-state index contributed by atoms with van der Waals surface area (Å²) in [5.41, 5.74) is 2.51. The van der Waals surface area contributed by atoms with Crippen molar-refractivity contribution in [1.29, 1.82) is 0 Å². The Balaban J connectivity index is 1.94. The molecule has 0 unspecified atom stereocenters. The van der Waals surface area contributed by atoms with Gasteiger partial charge in [0.05, 0.1) is 0 Å². The van der Waals surface area contributed by atoms with Gasteiger partial charge in [0.15, 0.2) is 0 Å². The minimum Gasteiger partial charge on any atom is -0.334 e. The topological polar surface area (TPSA) is 41.1 Å². The Hall–Kier alpha value is -1.71. The summed E-state index contributed by atoms with van der Waals surface area (Å²) >= 11 is 11.9. The van der Waals surface area contributed by atoms with Gasteiger partial charge in [-0.05, 0) is 42.3 Å². The molecule has 0 atom stereocenters. The average Bonchev–Trinajstić information content (AvgIpc) is 2.41. The van der Waals surface area contributed by atoms with Crippen molar-refractivity contribution in [1.82, 2.24) is 5.32 Å². The van der Waals surface area contributed by atoms with Crippen molar-refractivity contribution in [2.75, 3.05) is 5.32 Å². The second-order valence-electron chi connectivity index (χ2n) is 4.36. The van der Waals surface area contributed by atoms with Gasteiger partial charge in [0, 0.05) is 22.3 Å². The first-order chi connectivity index (χ1) is 9.56. The van der Waals surface area contributed by atoms with Crippen LogP contribution in [-0.4, -0.2) is 6.03 Å². The molecule has 0 radical (unpaired) electrons. The molecule has 2 amide bonds. The van der Waals surface area contributed by atoms with Crippen LogP contribution in [0.1, 0.15) is 11.1 Å². The van der Waals surface area contributed by atoms with Crippen molar-refractivity contribution >= 4 is 34.9 Å². The smallest absolute Gasteiger partial charge is 0.319 e. The third kappa shape index (κ3) is 3.89. The lowest BCUT2D eigenvalue weighted by Crippen LogP contribution is -2.28. The second kappa shape index (κ2) is 6.64. The summed E-state index contributed by atoms with van der Waals surface area (Å²) in [6, 6.07) is 12.4. The number of anilines is 1. The summed E-state index contributed by atoms with van der Waals surface area (Å²) in [4.78, 5) is 11.8. The molecular weight excluding hydrogens is 295 g/mol. The van der Waals surface area contributed by atoms with Gasteiger partial charge in [0.2, 0.25) is 0 Å². The van der Waals surface area contributed by atoms with Gasteiger partial charge in [-0.25, -0.2) is 4.79 Å². The van der Waals surface area contributed by atoms with Crippen LogP contribution in [0.15, 0.2) is 42.5 Å². The molecule has 3 nitrogen and oxygen atoms in total. The standard InChI is InChI=1S/C15H14Cl2N2O/c1-10-8-12(16)6-7-14(10)19-15(20)18-9-11-4-2-3-5-13(11)17/h2-8H,9H2,1H3,(H2,18,19,20). The molecule has 2 aromatic carbocycles. The highest BCUT2D eigenvalue weighted by Crippen LogP contribution is 2.19. The van der Waals surface area contributed by atoms with Gasteiger partial charge < -0.3 is 10.6 Å². The Labute approximate surface area is 127 Å². The Bertz CT molecular complexity index is 629. The highest BCUT2D eigenvalue weighted by molar-refractivity contribution is 6.31. The molecular formula is C15H14Cl2N2O. The molecule has 20 heavy (non-hydrogen) atoms. The Kier molecular flexibility index (Phi) is 4.88. The Morgan fingerprint density at radius 2 is 1.90 bits per heavy atom. The summed E-state index contributed by atoms with van der Waals surface area (Å²) < 4.78 is 0. The van der Waals surface area contributed by atoms with Crippen molar-refractivity contribution < 1.29 is 4.79 Å². The molecule has 0 saturated heterocycles.